The minimum absolute atomic E-state index is 0.00760. The molecule has 3 N–H and O–H groups in total. The Hall–Kier alpha value is -2.78. The number of anilines is 2. The van der Waals surface area contributed by atoms with Crippen molar-refractivity contribution in [1.29, 1.82) is 0 Å². The molecule has 122 valence electrons. The van der Waals surface area contributed by atoms with Crippen LogP contribution in [0, 0.1) is 0 Å². The van der Waals surface area contributed by atoms with Crippen LogP contribution in [-0.4, -0.2) is 32.2 Å². The summed E-state index contributed by atoms with van der Waals surface area (Å²) in [4.78, 5) is 13.5. The monoisotopic (exact) mass is 326 g/mol. The smallest absolute Gasteiger partial charge is 0.399 e. The van der Waals surface area contributed by atoms with E-state index in [4.69, 9.17) is 5.73 Å². The lowest BCUT2D eigenvalue weighted by Crippen LogP contribution is -2.41. The van der Waals surface area contributed by atoms with Crippen molar-refractivity contribution in [2.45, 2.75) is 19.3 Å². The third-order valence-electron chi connectivity index (χ3n) is 3.46. The SMILES string of the molecule is Nc1ccc(NC(=O)N2CCn3c(nnc3C(F)(F)F)C2)cc1. The third kappa shape index (κ3) is 3.05. The van der Waals surface area contributed by atoms with E-state index < -0.39 is 18.0 Å². The summed E-state index contributed by atoms with van der Waals surface area (Å²) in [5.41, 5.74) is 6.67. The summed E-state index contributed by atoms with van der Waals surface area (Å²) in [5, 5.41) is 9.36. The number of benzene rings is 1. The van der Waals surface area contributed by atoms with E-state index in [1.807, 2.05) is 0 Å². The van der Waals surface area contributed by atoms with Crippen molar-refractivity contribution in [1.82, 2.24) is 19.7 Å². The number of amides is 2. The van der Waals surface area contributed by atoms with Gasteiger partial charge < -0.3 is 20.5 Å². The maximum atomic E-state index is 12.8. The summed E-state index contributed by atoms with van der Waals surface area (Å²) in [6, 6.07) is 6.14. The van der Waals surface area contributed by atoms with Gasteiger partial charge in [0, 0.05) is 24.5 Å². The number of alkyl halides is 3. The summed E-state index contributed by atoms with van der Waals surface area (Å²) in [5.74, 6) is -0.929. The van der Waals surface area contributed by atoms with Crippen LogP contribution in [0.15, 0.2) is 24.3 Å². The highest BCUT2D eigenvalue weighted by Crippen LogP contribution is 2.29. The summed E-state index contributed by atoms with van der Waals surface area (Å²) in [6.07, 6.45) is -4.56. The molecule has 2 amide bonds. The number of halogens is 3. The molecule has 1 aliphatic rings. The predicted octanol–water partition coefficient (Wildman–Crippen LogP) is 1.93. The fourth-order valence-electron chi connectivity index (χ4n) is 2.31. The summed E-state index contributed by atoms with van der Waals surface area (Å²) >= 11 is 0. The molecule has 0 aliphatic carbocycles. The number of aromatic nitrogens is 3. The maximum Gasteiger partial charge on any atom is 0.451 e. The Balaban J connectivity index is 1.71. The lowest BCUT2D eigenvalue weighted by Gasteiger charge is -2.28. The number of nitrogens with one attached hydrogen (secondary N) is 1. The number of nitrogens with zero attached hydrogens (tertiary/aromatic N) is 4. The van der Waals surface area contributed by atoms with Crippen molar-refractivity contribution in [3.63, 3.8) is 0 Å². The first-order chi connectivity index (χ1) is 10.8. The summed E-state index contributed by atoms with van der Waals surface area (Å²) in [6.45, 7) is 0.0884. The van der Waals surface area contributed by atoms with Crippen LogP contribution in [0.5, 0.6) is 0 Å². The first kappa shape index (κ1) is 15.1. The van der Waals surface area contributed by atoms with E-state index in [2.05, 4.69) is 15.5 Å². The Bertz CT molecular complexity index is 724. The van der Waals surface area contributed by atoms with Gasteiger partial charge in [-0.25, -0.2) is 4.79 Å². The maximum absolute atomic E-state index is 12.8. The van der Waals surface area contributed by atoms with Crippen molar-refractivity contribution in [3.8, 4) is 0 Å². The highest BCUT2D eigenvalue weighted by Gasteiger charge is 2.39. The van der Waals surface area contributed by atoms with Gasteiger partial charge in [0.1, 0.15) is 0 Å². The first-order valence-corrected chi connectivity index (χ1v) is 6.75. The molecule has 1 aromatic heterocycles. The number of nitrogens with two attached hydrogens (primary N) is 1. The standard InChI is InChI=1S/C13H13F3N6O/c14-13(15,16)11-20-19-10-7-21(5-6-22(10)11)12(23)18-9-3-1-8(17)2-4-9/h1-4H,5-7,17H2,(H,18,23). The molecule has 0 saturated heterocycles. The quantitative estimate of drug-likeness (QED) is 0.784. The molecule has 2 aromatic rings. The molecule has 23 heavy (non-hydrogen) atoms. The van der Waals surface area contributed by atoms with E-state index in [0.717, 1.165) is 4.57 Å². The fraction of sp³-hybridized carbons (Fsp3) is 0.308. The molecule has 0 fully saturated rings. The average Bonchev–Trinajstić information content (AvgIpc) is 2.92. The number of carbonyl (C=O) groups excluding carboxylic acids is 1. The highest BCUT2D eigenvalue weighted by atomic mass is 19.4. The van der Waals surface area contributed by atoms with Crippen LogP contribution in [0.4, 0.5) is 29.3 Å². The third-order valence-corrected chi connectivity index (χ3v) is 3.46. The van der Waals surface area contributed by atoms with Crippen LogP contribution < -0.4 is 11.1 Å². The van der Waals surface area contributed by atoms with Gasteiger partial charge in [0.05, 0.1) is 6.54 Å². The van der Waals surface area contributed by atoms with Gasteiger partial charge in [0.15, 0.2) is 5.82 Å². The van der Waals surface area contributed by atoms with E-state index >= 15 is 0 Å². The molecule has 0 saturated carbocycles. The van der Waals surface area contributed by atoms with E-state index in [0.29, 0.717) is 11.4 Å². The second-order valence-corrected chi connectivity index (χ2v) is 5.06. The van der Waals surface area contributed by atoms with Crippen LogP contribution in [-0.2, 0) is 19.3 Å². The highest BCUT2D eigenvalue weighted by molar-refractivity contribution is 5.89. The minimum atomic E-state index is -4.56. The number of urea groups is 1. The van der Waals surface area contributed by atoms with Crippen molar-refractivity contribution >= 4 is 17.4 Å². The van der Waals surface area contributed by atoms with Gasteiger partial charge in [-0.05, 0) is 24.3 Å². The van der Waals surface area contributed by atoms with Gasteiger partial charge >= 0.3 is 12.2 Å². The zero-order valence-electron chi connectivity index (χ0n) is 11.8. The van der Waals surface area contributed by atoms with E-state index in [1.165, 1.54) is 4.90 Å². The largest absolute Gasteiger partial charge is 0.451 e. The van der Waals surface area contributed by atoms with Crippen LogP contribution in [0.2, 0.25) is 0 Å². The number of hydrogen-bond donors (Lipinski definition) is 2. The molecule has 0 atom stereocenters. The minimum Gasteiger partial charge on any atom is -0.399 e. The Kier molecular flexibility index (Phi) is 3.58. The number of rotatable bonds is 1. The lowest BCUT2D eigenvalue weighted by atomic mass is 10.3. The van der Waals surface area contributed by atoms with Crippen LogP contribution in [0.25, 0.3) is 0 Å². The van der Waals surface area contributed by atoms with Crippen molar-refractivity contribution in [2.75, 3.05) is 17.6 Å². The Labute approximate surface area is 128 Å². The number of carbonyl (C=O) groups is 1. The van der Waals surface area contributed by atoms with Gasteiger partial charge in [0.2, 0.25) is 5.82 Å². The first-order valence-electron chi connectivity index (χ1n) is 6.75. The summed E-state index contributed by atoms with van der Waals surface area (Å²) < 4.78 is 39.3. The predicted molar refractivity (Wildman–Crippen MR) is 75.3 cm³/mol. The van der Waals surface area contributed by atoms with Crippen molar-refractivity contribution in [2.24, 2.45) is 0 Å². The number of hydrogen-bond acceptors (Lipinski definition) is 4. The van der Waals surface area contributed by atoms with Crippen LogP contribution >= 0.6 is 0 Å². The Morgan fingerprint density at radius 2 is 1.87 bits per heavy atom. The second kappa shape index (κ2) is 5.45. The molecule has 2 heterocycles. The van der Waals surface area contributed by atoms with Crippen LogP contribution in [0.1, 0.15) is 11.6 Å². The second-order valence-electron chi connectivity index (χ2n) is 5.06. The molecule has 0 radical (unpaired) electrons. The molecule has 0 spiro atoms. The Morgan fingerprint density at radius 3 is 2.52 bits per heavy atom. The molecular weight excluding hydrogens is 313 g/mol. The van der Waals surface area contributed by atoms with Gasteiger partial charge in [-0.3, -0.25) is 0 Å². The van der Waals surface area contributed by atoms with E-state index in [1.54, 1.807) is 24.3 Å². The normalized spacial score (nSPS) is 14.5. The zero-order chi connectivity index (χ0) is 16.6. The van der Waals surface area contributed by atoms with E-state index in [-0.39, 0.29) is 25.5 Å². The molecule has 0 bridgehead atoms. The van der Waals surface area contributed by atoms with Crippen molar-refractivity contribution in [3.05, 3.63) is 35.9 Å². The lowest BCUT2D eigenvalue weighted by molar-refractivity contribution is -0.147. The average molecular weight is 326 g/mol. The zero-order valence-corrected chi connectivity index (χ0v) is 11.8. The molecule has 3 rings (SSSR count). The van der Waals surface area contributed by atoms with Gasteiger partial charge in [-0.1, -0.05) is 0 Å². The van der Waals surface area contributed by atoms with Gasteiger partial charge in [0.25, 0.3) is 0 Å². The van der Waals surface area contributed by atoms with Gasteiger partial charge in [-0.15, -0.1) is 10.2 Å². The molecule has 7 nitrogen and oxygen atoms in total. The molecule has 1 aromatic carbocycles. The molecule has 10 heteroatoms. The van der Waals surface area contributed by atoms with E-state index in [9.17, 15) is 18.0 Å². The Morgan fingerprint density at radius 1 is 1.17 bits per heavy atom. The van der Waals surface area contributed by atoms with Gasteiger partial charge in [-0.2, -0.15) is 13.2 Å². The molecule has 1 aliphatic heterocycles. The fourth-order valence-corrected chi connectivity index (χ4v) is 2.31. The topological polar surface area (TPSA) is 89.1 Å². The number of fused-ring (bicyclic) bond motifs is 1. The summed E-state index contributed by atoms with van der Waals surface area (Å²) in [7, 11) is 0. The number of nitrogen functional groups attached to an aromatic ring is 1. The van der Waals surface area contributed by atoms with Crippen molar-refractivity contribution < 1.29 is 18.0 Å². The van der Waals surface area contributed by atoms with Crippen LogP contribution in [0.3, 0.4) is 0 Å². The molecular formula is C13H13F3N6O. The molecule has 0 unspecified atom stereocenters.